The molecule has 3 nitrogen and oxygen atoms in total. The normalized spacial score (nSPS) is 11.3. The second-order valence-electron chi connectivity index (χ2n) is 5.45. The van der Waals surface area contributed by atoms with E-state index in [1.54, 1.807) is 6.07 Å². The highest BCUT2D eigenvalue weighted by Crippen LogP contribution is 2.31. The number of benzene rings is 2. The van der Waals surface area contributed by atoms with Gasteiger partial charge in [0.05, 0.1) is 16.6 Å². The highest BCUT2D eigenvalue weighted by atomic mass is 16.3. The van der Waals surface area contributed by atoms with E-state index < -0.39 is 0 Å². The molecule has 0 aliphatic rings. The van der Waals surface area contributed by atoms with Crippen molar-refractivity contribution in [1.29, 1.82) is 0 Å². The van der Waals surface area contributed by atoms with Crippen molar-refractivity contribution in [2.45, 2.75) is 20.4 Å². The predicted molar refractivity (Wildman–Crippen MR) is 81.7 cm³/mol. The minimum atomic E-state index is 0.271. The Bertz CT molecular complexity index is 744. The van der Waals surface area contributed by atoms with E-state index in [-0.39, 0.29) is 5.75 Å². The lowest BCUT2D eigenvalue weighted by molar-refractivity contribution is 0.475. The maximum atomic E-state index is 10.1. The summed E-state index contributed by atoms with van der Waals surface area (Å²) in [6.07, 6.45) is 0. The van der Waals surface area contributed by atoms with Crippen molar-refractivity contribution in [3.05, 3.63) is 48.5 Å². The first kappa shape index (κ1) is 12.7. The third kappa shape index (κ3) is 2.16. The fourth-order valence-electron chi connectivity index (χ4n) is 2.49. The molecule has 2 aromatic carbocycles. The standard InChI is InChI=1S/C17H18N2O/c1-12(2)11-19-15-9-5-4-8-14(15)18-17(19)13-7-3-6-10-16(13)20/h3-10,12,20H,11H2,1-2H3. The topological polar surface area (TPSA) is 38.0 Å². The SMILES string of the molecule is CC(C)Cn1c(-c2ccccc2O)nc2ccccc21. The van der Waals surface area contributed by atoms with Crippen LogP contribution in [0.2, 0.25) is 0 Å². The van der Waals surface area contributed by atoms with Crippen LogP contribution in [-0.2, 0) is 6.54 Å². The molecule has 0 saturated carbocycles. The van der Waals surface area contributed by atoms with E-state index in [0.717, 1.165) is 29.0 Å². The summed E-state index contributed by atoms with van der Waals surface area (Å²) in [5, 5.41) is 10.1. The molecule has 1 N–H and O–H groups in total. The van der Waals surface area contributed by atoms with Crippen LogP contribution in [0, 0.1) is 5.92 Å². The van der Waals surface area contributed by atoms with Crippen LogP contribution in [0.4, 0.5) is 0 Å². The molecule has 0 spiro atoms. The van der Waals surface area contributed by atoms with Crippen LogP contribution in [0.5, 0.6) is 5.75 Å². The van der Waals surface area contributed by atoms with E-state index in [1.807, 2.05) is 36.4 Å². The lowest BCUT2D eigenvalue weighted by Crippen LogP contribution is -2.06. The Morgan fingerprint density at radius 3 is 2.50 bits per heavy atom. The van der Waals surface area contributed by atoms with Crippen LogP contribution in [0.25, 0.3) is 22.4 Å². The first-order valence-electron chi connectivity index (χ1n) is 6.90. The molecule has 102 valence electrons. The van der Waals surface area contributed by atoms with E-state index in [9.17, 15) is 5.11 Å². The highest BCUT2D eigenvalue weighted by Gasteiger charge is 2.15. The van der Waals surface area contributed by atoms with Crippen LogP contribution < -0.4 is 0 Å². The van der Waals surface area contributed by atoms with E-state index in [4.69, 9.17) is 4.98 Å². The zero-order chi connectivity index (χ0) is 14.1. The number of nitrogens with zero attached hydrogens (tertiary/aromatic N) is 2. The zero-order valence-electron chi connectivity index (χ0n) is 11.7. The fourth-order valence-corrected chi connectivity index (χ4v) is 2.49. The Morgan fingerprint density at radius 2 is 1.75 bits per heavy atom. The average molecular weight is 266 g/mol. The molecule has 0 radical (unpaired) electrons. The predicted octanol–water partition coefficient (Wildman–Crippen LogP) is 4.06. The van der Waals surface area contributed by atoms with Crippen LogP contribution >= 0.6 is 0 Å². The number of aromatic hydroxyl groups is 1. The number of para-hydroxylation sites is 3. The van der Waals surface area contributed by atoms with Crippen LogP contribution in [-0.4, -0.2) is 14.7 Å². The number of rotatable bonds is 3. The molecule has 0 fully saturated rings. The molecule has 0 atom stereocenters. The van der Waals surface area contributed by atoms with Gasteiger partial charge in [0, 0.05) is 6.54 Å². The lowest BCUT2D eigenvalue weighted by atomic mass is 10.1. The number of hydrogen-bond donors (Lipinski definition) is 1. The molecule has 0 unspecified atom stereocenters. The monoisotopic (exact) mass is 266 g/mol. The van der Waals surface area contributed by atoms with Crippen molar-refractivity contribution in [3.63, 3.8) is 0 Å². The molecule has 0 aliphatic carbocycles. The summed E-state index contributed by atoms with van der Waals surface area (Å²) in [6, 6.07) is 15.5. The number of phenols is 1. The Labute approximate surface area is 118 Å². The molecule has 1 aromatic heterocycles. The van der Waals surface area contributed by atoms with Gasteiger partial charge in [0.25, 0.3) is 0 Å². The average Bonchev–Trinajstić information content (AvgIpc) is 2.78. The van der Waals surface area contributed by atoms with Gasteiger partial charge in [-0.25, -0.2) is 4.98 Å². The summed E-state index contributed by atoms with van der Waals surface area (Å²) in [7, 11) is 0. The Morgan fingerprint density at radius 1 is 1.05 bits per heavy atom. The fraction of sp³-hybridized carbons (Fsp3) is 0.235. The molecule has 0 aliphatic heterocycles. The van der Waals surface area contributed by atoms with Gasteiger partial charge in [-0.1, -0.05) is 38.1 Å². The minimum absolute atomic E-state index is 0.271. The van der Waals surface area contributed by atoms with Crippen molar-refractivity contribution in [1.82, 2.24) is 9.55 Å². The van der Waals surface area contributed by atoms with Crippen LogP contribution in [0.1, 0.15) is 13.8 Å². The molecule has 1 heterocycles. The van der Waals surface area contributed by atoms with Crippen molar-refractivity contribution in [2.24, 2.45) is 5.92 Å². The second-order valence-corrected chi connectivity index (χ2v) is 5.45. The number of aromatic nitrogens is 2. The third-order valence-electron chi connectivity index (χ3n) is 3.35. The summed E-state index contributed by atoms with van der Waals surface area (Å²) in [5.41, 5.74) is 2.86. The summed E-state index contributed by atoms with van der Waals surface area (Å²) >= 11 is 0. The van der Waals surface area contributed by atoms with Gasteiger partial charge in [-0.3, -0.25) is 0 Å². The van der Waals surface area contributed by atoms with Crippen LogP contribution in [0.15, 0.2) is 48.5 Å². The molecule has 0 amide bonds. The number of fused-ring (bicyclic) bond motifs is 1. The molecular weight excluding hydrogens is 248 g/mol. The minimum Gasteiger partial charge on any atom is -0.507 e. The smallest absolute Gasteiger partial charge is 0.144 e. The van der Waals surface area contributed by atoms with Gasteiger partial charge >= 0.3 is 0 Å². The zero-order valence-corrected chi connectivity index (χ0v) is 11.7. The van der Waals surface area contributed by atoms with Gasteiger partial charge in [0.2, 0.25) is 0 Å². The molecule has 0 bridgehead atoms. The van der Waals surface area contributed by atoms with E-state index >= 15 is 0 Å². The summed E-state index contributed by atoms with van der Waals surface area (Å²) in [4.78, 5) is 4.70. The molecule has 0 saturated heterocycles. The van der Waals surface area contributed by atoms with Gasteiger partial charge in [-0.15, -0.1) is 0 Å². The first-order valence-corrected chi connectivity index (χ1v) is 6.90. The van der Waals surface area contributed by atoms with Gasteiger partial charge in [0.1, 0.15) is 11.6 Å². The number of hydrogen-bond acceptors (Lipinski definition) is 2. The summed E-state index contributed by atoms with van der Waals surface area (Å²) in [5.74, 6) is 1.61. The molecular formula is C17H18N2O. The van der Waals surface area contributed by atoms with Crippen LogP contribution in [0.3, 0.4) is 0 Å². The highest BCUT2D eigenvalue weighted by molar-refractivity contribution is 5.81. The second kappa shape index (κ2) is 5.00. The molecule has 3 heteroatoms. The van der Waals surface area contributed by atoms with Gasteiger partial charge in [-0.05, 0) is 30.2 Å². The van der Waals surface area contributed by atoms with Gasteiger partial charge in [0.15, 0.2) is 0 Å². The van der Waals surface area contributed by atoms with Crippen molar-refractivity contribution in [2.75, 3.05) is 0 Å². The van der Waals surface area contributed by atoms with Gasteiger partial charge < -0.3 is 9.67 Å². The summed E-state index contributed by atoms with van der Waals surface area (Å²) in [6.45, 7) is 5.25. The van der Waals surface area contributed by atoms with E-state index in [0.29, 0.717) is 5.92 Å². The Kier molecular flexibility index (Phi) is 3.18. The third-order valence-corrected chi connectivity index (χ3v) is 3.35. The quantitative estimate of drug-likeness (QED) is 0.776. The van der Waals surface area contributed by atoms with Crippen molar-refractivity contribution < 1.29 is 5.11 Å². The molecule has 20 heavy (non-hydrogen) atoms. The van der Waals surface area contributed by atoms with Crippen molar-refractivity contribution >= 4 is 11.0 Å². The maximum Gasteiger partial charge on any atom is 0.144 e. The van der Waals surface area contributed by atoms with E-state index in [1.165, 1.54) is 0 Å². The lowest BCUT2D eigenvalue weighted by Gasteiger charge is -2.12. The Balaban J connectivity index is 2.26. The van der Waals surface area contributed by atoms with Crippen molar-refractivity contribution in [3.8, 4) is 17.1 Å². The number of imidazole rings is 1. The molecule has 3 aromatic rings. The first-order chi connectivity index (χ1) is 9.66. The Hall–Kier alpha value is -2.29. The van der Waals surface area contributed by atoms with E-state index in [2.05, 4.69) is 24.5 Å². The van der Waals surface area contributed by atoms with Gasteiger partial charge in [-0.2, -0.15) is 0 Å². The molecule has 3 rings (SSSR count). The largest absolute Gasteiger partial charge is 0.507 e. The maximum absolute atomic E-state index is 10.1. The number of phenolic OH excluding ortho intramolecular Hbond substituents is 1. The summed E-state index contributed by atoms with van der Waals surface area (Å²) < 4.78 is 2.19.